The molecule has 2 heterocycles. The molecule has 0 spiro atoms. The van der Waals surface area contributed by atoms with Gasteiger partial charge >= 0.3 is 0 Å². The number of rotatable bonds is 0. The van der Waals surface area contributed by atoms with Crippen LogP contribution in [0.25, 0.3) is 0 Å². The molecule has 0 atom stereocenters. The molecule has 4 heteroatoms. The van der Waals surface area contributed by atoms with Gasteiger partial charge in [0, 0.05) is 12.7 Å². The molecule has 0 radical (unpaired) electrons. The second-order valence-electron chi connectivity index (χ2n) is 2.28. The van der Waals surface area contributed by atoms with Crippen molar-refractivity contribution in [3.05, 3.63) is 17.3 Å². The second kappa shape index (κ2) is 4.92. The molecule has 1 N–H and O–H groups in total. The van der Waals surface area contributed by atoms with Crippen LogP contribution in [0.15, 0.2) is 12.3 Å². The Morgan fingerprint density at radius 2 is 2.31 bits per heavy atom. The molecule has 0 unspecified atom stereocenters. The van der Waals surface area contributed by atoms with E-state index >= 15 is 0 Å². The summed E-state index contributed by atoms with van der Waals surface area (Å²) in [5.41, 5.74) is 0.878. The van der Waals surface area contributed by atoms with Crippen molar-refractivity contribution in [3.8, 4) is 5.88 Å². The number of hydrogen-bond acceptors (Lipinski definition) is 3. The maximum atomic E-state index is 5.72. The van der Waals surface area contributed by atoms with Crippen molar-refractivity contribution in [1.82, 2.24) is 4.98 Å². The monoisotopic (exact) mass is 200 g/mol. The Morgan fingerprint density at radius 3 is 3.08 bits per heavy atom. The highest BCUT2D eigenvalue weighted by Gasteiger charge is 2.09. The third kappa shape index (κ3) is 2.49. The number of ether oxygens (including phenoxy) is 1. The van der Waals surface area contributed by atoms with E-state index in [0.29, 0.717) is 17.5 Å². The van der Waals surface area contributed by atoms with Crippen LogP contribution in [0.2, 0.25) is 5.02 Å². The van der Waals surface area contributed by atoms with Crippen LogP contribution in [0.5, 0.6) is 5.88 Å². The molecule has 3 nitrogen and oxygen atoms in total. The van der Waals surface area contributed by atoms with Crippen molar-refractivity contribution in [2.75, 3.05) is 18.5 Å². The molecule has 1 aromatic rings. The smallest absolute Gasteiger partial charge is 0.237 e. The molecule has 0 bridgehead atoms. The van der Waals surface area contributed by atoms with E-state index < -0.39 is 0 Å². The van der Waals surface area contributed by atoms with Crippen LogP contribution in [0.4, 0.5) is 5.69 Å². The fourth-order valence-corrected chi connectivity index (χ4v) is 1.16. The number of nitrogens with zero attached hydrogens (tertiary/aromatic N) is 1. The Morgan fingerprint density at radius 1 is 1.54 bits per heavy atom. The maximum Gasteiger partial charge on any atom is 0.237 e. The lowest BCUT2D eigenvalue weighted by Crippen LogP contribution is -2.18. The van der Waals surface area contributed by atoms with Crippen molar-refractivity contribution in [2.45, 2.75) is 13.8 Å². The molecule has 1 aliphatic rings. The molecular formula is C9H13ClN2O. The van der Waals surface area contributed by atoms with E-state index in [-0.39, 0.29) is 0 Å². The Hall–Kier alpha value is -0.960. The Labute approximate surface area is 83.1 Å². The molecule has 1 aromatic heterocycles. The summed E-state index contributed by atoms with van der Waals surface area (Å²) in [5, 5.41) is 3.76. The van der Waals surface area contributed by atoms with Gasteiger partial charge in [-0.1, -0.05) is 25.4 Å². The molecular weight excluding hydrogens is 188 g/mol. The number of aromatic nitrogens is 1. The summed E-state index contributed by atoms with van der Waals surface area (Å²) in [4.78, 5) is 4.00. The van der Waals surface area contributed by atoms with Crippen molar-refractivity contribution >= 4 is 17.3 Å². The predicted molar refractivity (Wildman–Crippen MR) is 54.6 cm³/mol. The average molecular weight is 201 g/mol. The highest BCUT2D eigenvalue weighted by Crippen LogP contribution is 2.26. The predicted octanol–water partition coefficient (Wildman–Crippen LogP) is 2.57. The Kier molecular flexibility index (Phi) is 3.83. The topological polar surface area (TPSA) is 34.2 Å². The first kappa shape index (κ1) is 10.1. The van der Waals surface area contributed by atoms with Crippen LogP contribution >= 0.6 is 11.6 Å². The highest BCUT2D eigenvalue weighted by molar-refractivity contribution is 6.30. The lowest BCUT2D eigenvalue weighted by atomic mass is 10.3. The van der Waals surface area contributed by atoms with Gasteiger partial charge in [-0.15, -0.1) is 0 Å². The van der Waals surface area contributed by atoms with Crippen molar-refractivity contribution in [3.63, 3.8) is 0 Å². The second-order valence-corrected chi connectivity index (χ2v) is 2.72. The van der Waals surface area contributed by atoms with Crippen molar-refractivity contribution in [2.24, 2.45) is 0 Å². The van der Waals surface area contributed by atoms with E-state index in [1.54, 1.807) is 6.20 Å². The van der Waals surface area contributed by atoms with Gasteiger partial charge in [0.05, 0.1) is 10.7 Å². The zero-order chi connectivity index (χ0) is 9.68. The first-order valence-corrected chi connectivity index (χ1v) is 4.76. The van der Waals surface area contributed by atoms with Gasteiger partial charge in [0.1, 0.15) is 6.61 Å². The van der Waals surface area contributed by atoms with E-state index in [1.165, 1.54) is 0 Å². The molecule has 0 saturated heterocycles. The van der Waals surface area contributed by atoms with Crippen LogP contribution in [-0.4, -0.2) is 18.1 Å². The van der Waals surface area contributed by atoms with Crippen LogP contribution in [-0.2, 0) is 0 Å². The zero-order valence-electron chi connectivity index (χ0n) is 7.80. The average Bonchev–Trinajstić information content (AvgIpc) is 2.21. The molecule has 0 aliphatic carbocycles. The molecule has 0 fully saturated rings. The first-order chi connectivity index (χ1) is 6.36. The number of nitrogens with one attached hydrogen (secondary N) is 1. The molecule has 2 rings (SSSR count). The molecule has 72 valence electrons. The Balaban J connectivity index is 0.000000396. The highest BCUT2D eigenvalue weighted by atomic mass is 35.5. The van der Waals surface area contributed by atoms with Gasteiger partial charge in [-0.05, 0) is 6.07 Å². The number of anilines is 1. The number of pyridine rings is 1. The van der Waals surface area contributed by atoms with Crippen LogP contribution in [0.3, 0.4) is 0 Å². The molecule has 0 saturated carbocycles. The summed E-state index contributed by atoms with van der Waals surface area (Å²) in [5.74, 6) is 0.639. The zero-order valence-corrected chi connectivity index (χ0v) is 8.56. The van der Waals surface area contributed by atoms with Crippen molar-refractivity contribution in [1.29, 1.82) is 0 Å². The minimum absolute atomic E-state index is 0.627. The van der Waals surface area contributed by atoms with E-state index in [2.05, 4.69) is 10.3 Å². The van der Waals surface area contributed by atoms with E-state index in [1.807, 2.05) is 19.9 Å². The first-order valence-electron chi connectivity index (χ1n) is 4.38. The van der Waals surface area contributed by atoms with E-state index in [4.69, 9.17) is 16.3 Å². The largest absolute Gasteiger partial charge is 0.474 e. The van der Waals surface area contributed by atoms with Gasteiger partial charge in [0.15, 0.2) is 0 Å². The third-order valence-corrected chi connectivity index (χ3v) is 1.68. The minimum Gasteiger partial charge on any atom is -0.474 e. The lowest BCUT2D eigenvalue weighted by Gasteiger charge is -2.17. The number of fused-ring (bicyclic) bond motifs is 1. The maximum absolute atomic E-state index is 5.72. The van der Waals surface area contributed by atoms with Gasteiger partial charge in [0.2, 0.25) is 5.88 Å². The molecule has 0 aromatic carbocycles. The Bertz CT molecular complexity index is 278. The third-order valence-electron chi connectivity index (χ3n) is 1.47. The number of halogens is 1. The van der Waals surface area contributed by atoms with Gasteiger partial charge in [0.25, 0.3) is 0 Å². The molecule has 1 aliphatic heterocycles. The van der Waals surface area contributed by atoms with Gasteiger partial charge < -0.3 is 10.1 Å². The number of hydrogen-bond donors (Lipinski definition) is 1. The normalized spacial score (nSPS) is 12.8. The summed E-state index contributed by atoms with van der Waals surface area (Å²) in [6.45, 7) is 5.48. The molecule has 13 heavy (non-hydrogen) atoms. The SMILES string of the molecule is CC.Clc1cnc2c(c1)NCCO2. The summed E-state index contributed by atoms with van der Waals surface area (Å²) in [6, 6.07) is 1.81. The van der Waals surface area contributed by atoms with Gasteiger partial charge in [-0.25, -0.2) is 4.98 Å². The summed E-state index contributed by atoms with van der Waals surface area (Å²) >= 11 is 5.72. The minimum atomic E-state index is 0.627. The van der Waals surface area contributed by atoms with Crippen LogP contribution in [0.1, 0.15) is 13.8 Å². The quantitative estimate of drug-likeness (QED) is 0.699. The van der Waals surface area contributed by atoms with Gasteiger partial charge in [-0.2, -0.15) is 0 Å². The summed E-state index contributed by atoms with van der Waals surface area (Å²) in [6.07, 6.45) is 1.58. The summed E-state index contributed by atoms with van der Waals surface area (Å²) in [7, 11) is 0. The van der Waals surface area contributed by atoms with Crippen LogP contribution in [0, 0.1) is 0 Å². The standard InChI is InChI=1S/C7H7ClN2O.C2H6/c8-5-3-6-7(10-4-5)11-2-1-9-6;1-2/h3-4,9H,1-2H2;1-2H3. The fraction of sp³-hybridized carbons (Fsp3) is 0.444. The summed E-state index contributed by atoms with van der Waals surface area (Å²) < 4.78 is 5.25. The lowest BCUT2D eigenvalue weighted by molar-refractivity contribution is 0.310. The van der Waals surface area contributed by atoms with E-state index in [9.17, 15) is 0 Å². The fourth-order valence-electron chi connectivity index (χ4n) is 1.00. The van der Waals surface area contributed by atoms with Gasteiger partial charge in [-0.3, -0.25) is 0 Å². The molecule has 0 amide bonds. The van der Waals surface area contributed by atoms with Crippen molar-refractivity contribution < 1.29 is 4.74 Å². The van der Waals surface area contributed by atoms with Crippen LogP contribution < -0.4 is 10.1 Å². The van der Waals surface area contributed by atoms with E-state index in [0.717, 1.165) is 12.2 Å².